The molecular formula is C13H16F3NOS. The van der Waals surface area contributed by atoms with Crippen molar-refractivity contribution in [3.05, 3.63) is 29.3 Å². The number of ether oxygens (including phenoxy) is 1. The minimum absolute atomic E-state index is 0.0665. The predicted molar refractivity (Wildman–Crippen MR) is 70.3 cm³/mol. The molecule has 0 aromatic heterocycles. The Balaban J connectivity index is 2.31. The van der Waals surface area contributed by atoms with Gasteiger partial charge in [-0.3, -0.25) is 0 Å². The Kier molecular flexibility index (Phi) is 4.30. The molecule has 0 amide bonds. The molecule has 1 heterocycles. The van der Waals surface area contributed by atoms with E-state index in [-0.39, 0.29) is 11.8 Å². The van der Waals surface area contributed by atoms with Crippen LogP contribution in [0.25, 0.3) is 0 Å². The SMILES string of the molecule is CNC1CC(C)SCc2ccc(OC(F)(F)F)cc21. The molecule has 0 bridgehead atoms. The zero-order valence-electron chi connectivity index (χ0n) is 10.8. The van der Waals surface area contributed by atoms with Gasteiger partial charge in [0, 0.05) is 17.0 Å². The summed E-state index contributed by atoms with van der Waals surface area (Å²) >= 11 is 1.82. The third-order valence-electron chi connectivity index (χ3n) is 3.17. The van der Waals surface area contributed by atoms with Crippen LogP contribution < -0.4 is 10.1 Å². The van der Waals surface area contributed by atoms with Gasteiger partial charge in [-0.05, 0) is 36.7 Å². The number of fused-ring (bicyclic) bond motifs is 1. The molecular weight excluding hydrogens is 275 g/mol. The summed E-state index contributed by atoms with van der Waals surface area (Å²) in [5, 5.41) is 3.64. The first-order valence-corrected chi connectivity index (χ1v) is 7.11. The van der Waals surface area contributed by atoms with E-state index in [1.165, 1.54) is 12.1 Å². The second-order valence-corrected chi connectivity index (χ2v) is 6.03. The summed E-state index contributed by atoms with van der Waals surface area (Å²) in [6.45, 7) is 2.13. The molecule has 106 valence electrons. The van der Waals surface area contributed by atoms with Gasteiger partial charge in [-0.2, -0.15) is 11.8 Å². The fraction of sp³-hybridized carbons (Fsp3) is 0.538. The lowest BCUT2D eigenvalue weighted by molar-refractivity contribution is -0.274. The predicted octanol–water partition coefficient (Wildman–Crippen LogP) is 3.87. The zero-order chi connectivity index (χ0) is 14.0. The van der Waals surface area contributed by atoms with Gasteiger partial charge in [0.25, 0.3) is 0 Å². The van der Waals surface area contributed by atoms with Crippen LogP contribution in [0, 0.1) is 0 Å². The highest BCUT2D eigenvalue weighted by Crippen LogP contribution is 2.37. The molecule has 2 nitrogen and oxygen atoms in total. The standard InChI is InChI=1S/C13H16F3NOS/c1-8-5-12(17-2)11-6-10(18-13(14,15)16)4-3-9(11)7-19-8/h3-4,6,8,12,17H,5,7H2,1-2H3. The van der Waals surface area contributed by atoms with E-state index in [0.717, 1.165) is 23.3 Å². The monoisotopic (exact) mass is 291 g/mol. The van der Waals surface area contributed by atoms with Gasteiger partial charge in [-0.1, -0.05) is 13.0 Å². The Morgan fingerprint density at radius 1 is 1.37 bits per heavy atom. The fourth-order valence-corrected chi connectivity index (χ4v) is 3.31. The van der Waals surface area contributed by atoms with E-state index in [0.29, 0.717) is 5.25 Å². The highest BCUT2D eigenvalue weighted by molar-refractivity contribution is 7.99. The minimum atomic E-state index is -4.64. The summed E-state index contributed by atoms with van der Waals surface area (Å²) < 4.78 is 40.8. The Morgan fingerprint density at radius 3 is 2.74 bits per heavy atom. The van der Waals surface area contributed by atoms with Crippen LogP contribution in [0.3, 0.4) is 0 Å². The van der Waals surface area contributed by atoms with Crippen molar-refractivity contribution >= 4 is 11.8 Å². The molecule has 0 spiro atoms. The molecule has 6 heteroatoms. The molecule has 0 fully saturated rings. The van der Waals surface area contributed by atoms with Crippen molar-refractivity contribution in [2.75, 3.05) is 7.05 Å². The van der Waals surface area contributed by atoms with Crippen LogP contribution in [0.1, 0.15) is 30.5 Å². The van der Waals surface area contributed by atoms with E-state index < -0.39 is 6.36 Å². The quantitative estimate of drug-likeness (QED) is 0.893. The van der Waals surface area contributed by atoms with E-state index in [1.54, 1.807) is 6.07 Å². The third kappa shape index (κ3) is 3.79. The van der Waals surface area contributed by atoms with Crippen LogP contribution in [0.2, 0.25) is 0 Å². The first-order chi connectivity index (χ1) is 8.89. The van der Waals surface area contributed by atoms with Crippen LogP contribution in [0.5, 0.6) is 5.75 Å². The van der Waals surface area contributed by atoms with Gasteiger partial charge in [0.2, 0.25) is 0 Å². The summed E-state index contributed by atoms with van der Waals surface area (Å²) in [6.07, 6.45) is -3.75. The van der Waals surface area contributed by atoms with Gasteiger partial charge in [0.05, 0.1) is 0 Å². The number of halogens is 3. The molecule has 1 aromatic carbocycles. The maximum Gasteiger partial charge on any atom is 0.573 e. The van der Waals surface area contributed by atoms with Crippen LogP contribution in [0.15, 0.2) is 18.2 Å². The molecule has 0 saturated heterocycles. The normalized spacial score (nSPS) is 23.6. The second kappa shape index (κ2) is 5.63. The largest absolute Gasteiger partial charge is 0.573 e. The molecule has 2 rings (SSSR count). The maximum atomic E-state index is 12.3. The first-order valence-electron chi connectivity index (χ1n) is 6.06. The van der Waals surface area contributed by atoms with E-state index in [9.17, 15) is 13.2 Å². The van der Waals surface area contributed by atoms with Crippen molar-refractivity contribution in [3.63, 3.8) is 0 Å². The number of hydrogen-bond donors (Lipinski definition) is 1. The van der Waals surface area contributed by atoms with Gasteiger partial charge in [0.1, 0.15) is 5.75 Å². The lowest BCUT2D eigenvalue weighted by atomic mass is 9.97. The van der Waals surface area contributed by atoms with E-state index in [4.69, 9.17) is 0 Å². The topological polar surface area (TPSA) is 21.3 Å². The number of hydrogen-bond acceptors (Lipinski definition) is 3. The average molecular weight is 291 g/mol. The molecule has 1 aromatic rings. The minimum Gasteiger partial charge on any atom is -0.406 e. The average Bonchev–Trinajstić information content (AvgIpc) is 2.47. The molecule has 2 unspecified atom stereocenters. The van der Waals surface area contributed by atoms with Crippen molar-refractivity contribution in [1.82, 2.24) is 5.32 Å². The number of thioether (sulfide) groups is 1. The van der Waals surface area contributed by atoms with Crippen molar-refractivity contribution in [2.45, 2.75) is 36.8 Å². The molecule has 1 aliphatic rings. The van der Waals surface area contributed by atoms with Crippen molar-refractivity contribution in [2.24, 2.45) is 0 Å². The Bertz CT molecular complexity index is 450. The number of benzene rings is 1. The highest BCUT2D eigenvalue weighted by Gasteiger charge is 2.32. The van der Waals surface area contributed by atoms with Gasteiger partial charge >= 0.3 is 6.36 Å². The number of rotatable bonds is 2. The van der Waals surface area contributed by atoms with E-state index >= 15 is 0 Å². The summed E-state index contributed by atoms with van der Waals surface area (Å²) in [5.74, 6) is 0.673. The lowest BCUT2D eigenvalue weighted by Gasteiger charge is -2.19. The van der Waals surface area contributed by atoms with E-state index in [2.05, 4.69) is 17.0 Å². The second-order valence-electron chi connectivity index (χ2n) is 4.61. The molecule has 2 atom stereocenters. The molecule has 19 heavy (non-hydrogen) atoms. The van der Waals surface area contributed by atoms with Gasteiger partial charge in [0.15, 0.2) is 0 Å². The summed E-state index contributed by atoms with van der Waals surface area (Å²) in [5.41, 5.74) is 1.98. The Hall–Kier alpha value is -0.880. The Morgan fingerprint density at radius 2 is 2.11 bits per heavy atom. The zero-order valence-corrected chi connectivity index (χ0v) is 11.6. The fourth-order valence-electron chi connectivity index (χ4n) is 2.26. The van der Waals surface area contributed by atoms with Gasteiger partial charge < -0.3 is 10.1 Å². The lowest BCUT2D eigenvalue weighted by Crippen LogP contribution is -2.20. The molecule has 0 radical (unpaired) electrons. The Labute approximate surface area is 114 Å². The number of alkyl halides is 3. The first kappa shape index (κ1) is 14.5. The summed E-state index contributed by atoms with van der Waals surface area (Å²) in [4.78, 5) is 0. The molecule has 0 saturated carbocycles. The maximum absolute atomic E-state index is 12.3. The van der Waals surface area contributed by atoms with Crippen molar-refractivity contribution < 1.29 is 17.9 Å². The summed E-state index contributed by atoms with van der Waals surface area (Å²) in [7, 11) is 1.83. The van der Waals surface area contributed by atoms with E-state index in [1.807, 2.05) is 18.8 Å². The molecule has 1 aliphatic heterocycles. The van der Waals surface area contributed by atoms with Crippen LogP contribution in [-0.4, -0.2) is 18.7 Å². The van der Waals surface area contributed by atoms with Crippen molar-refractivity contribution in [3.8, 4) is 5.75 Å². The molecule has 0 aliphatic carbocycles. The van der Waals surface area contributed by atoms with Crippen molar-refractivity contribution in [1.29, 1.82) is 0 Å². The summed E-state index contributed by atoms with van der Waals surface area (Å²) in [6, 6.07) is 4.68. The van der Waals surface area contributed by atoms with Crippen LogP contribution >= 0.6 is 11.8 Å². The highest BCUT2D eigenvalue weighted by atomic mass is 32.2. The van der Waals surface area contributed by atoms with Gasteiger partial charge in [-0.15, -0.1) is 13.2 Å². The smallest absolute Gasteiger partial charge is 0.406 e. The molecule has 1 N–H and O–H groups in total. The van der Waals surface area contributed by atoms with Crippen LogP contribution in [-0.2, 0) is 5.75 Å². The van der Waals surface area contributed by atoms with Gasteiger partial charge in [-0.25, -0.2) is 0 Å². The number of nitrogens with one attached hydrogen (secondary N) is 1. The van der Waals surface area contributed by atoms with Crippen LogP contribution in [0.4, 0.5) is 13.2 Å². The third-order valence-corrected chi connectivity index (χ3v) is 4.40.